The molecule has 0 aliphatic heterocycles. The van der Waals surface area contributed by atoms with Crippen LogP contribution in [0.4, 0.5) is 26.3 Å². The van der Waals surface area contributed by atoms with Gasteiger partial charge in [0.2, 0.25) is 5.92 Å². The number of rotatable bonds is 4. The normalized spacial score (nSPS) is 12.6. The molecule has 0 rings (SSSR count). The van der Waals surface area contributed by atoms with Crippen LogP contribution in [0.15, 0.2) is 0 Å². The van der Waals surface area contributed by atoms with Crippen molar-refractivity contribution in [1.82, 2.24) is 0 Å². The maximum atomic E-state index is 12.0. The molecule has 0 aliphatic rings. The maximum Gasteiger partial charge on any atom is 0.407 e. The van der Waals surface area contributed by atoms with Crippen LogP contribution < -0.4 is 0 Å². The van der Waals surface area contributed by atoms with Gasteiger partial charge < -0.3 is 0 Å². The minimum atomic E-state index is -5.61. The average Bonchev–Trinajstić information content (AvgIpc) is 1.98. The quantitative estimate of drug-likeness (QED) is 0.423. The van der Waals surface area contributed by atoms with E-state index in [9.17, 15) is 31.1 Å². The molecule has 0 fully saturated rings. The van der Waals surface area contributed by atoms with Crippen LogP contribution in [-0.2, 0) is 4.79 Å². The number of terminal acetylenes is 1. The number of carbonyl (C=O) groups excluding carboxylic acids is 1. The number of Topliss-reactive ketones (excluding diaryl/α,β-unsaturated/α-hetero) is 1. The van der Waals surface area contributed by atoms with Gasteiger partial charge in [-0.15, -0.1) is 12.3 Å². The zero-order valence-electron chi connectivity index (χ0n) is 7.95. The molecule has 0 unspecified atom stereocenters. The second-order valence-electron chi connectivity index (χ2n) is 3.04. The van der Waals surface area contributed by atoms with E-state index in [-0.39, 0.29) is 12.8 Å². The Morgan fingerprint density at radius 2 is 1.56 bits per heavy atom. The molecule has 0 radical (unpaired) electrons. The van der Waals surface area contributed by atoms with Crippen LogP contribution in [0.1, 0.15) is 19.3 Å². The monoisotopic (exact) mass is 246 g/mol. The van der Waals surface area contributed by atoms with Crippen LogP contribution in [-0.4, -0.2) is 18.1 Å². The highest BCUT2D eigenvalue weighted by molar-refractivity contribution is 5.82. The first-order chi connectivity index (χ1) is 7.10. The van der Waals surface area contributed by atoms with Crippen LogP contribution in [0.5, 0.6) is 0 Å². The fraction of sp³-hybridized carbons (Fsp3) is 0.667. The van der Waals surface area contributed by atoms with Gasteiger partial charge in [0.05, 0.1) is 0 Å². The molecule has 0 aromatic heterocycles. The van der Waals surface area contributed by atoms with E-state index >= 15 is 0 Å². The largest absolute Gasteiger partial charge is 0.407 e. The van der Waals surface area contributed by atoms with Crippen LogP contribution in [0, 0.1) is 18.3 Å². The second kappa shape index (κ2) is 5.23. The van der Waals surface area contributed by atoms with Gasteiger partial charge in [0.15, 0.2) is 5.78 Å². The molecule has 0 saturated carbocycles. The van der Waals surface area contributed by atoms with Gasteiger partial charge >= 0.3 is 12.4 Å². The van der Waals surface area contributed by atoms with Crippen molar-refractivity contribution in [3.05, 3.63) is 0 Å². The molecule has 0 amide bonds. The molecule has 0 spiro atoms. The average molecular weight is 246 g/mol. The molecule has 0 N–H and O–H groups in total. The zero-order valence-corrected chi connectivity index (χ0v) is 7.95. The van der Waals surface area contributed by atoms with Crippen molar-refractivity contribution in [2.24, 2.45) is 5.92 Å². The summed E-state index contributed by atoms with van der Waals surface area (Å²) in [5.74, 6) is -3.77. The van der Waals surface area contributed by atoms with Crippen molar-refractivity contribution in [2.45, 2.75) is 31.6 Å². The van der Waals surface area contributed by atoms with E-state index in [2.05, 4.69) is 0 Å². The van der Waals surface area contributed by atoms with Gasteiger partial charge in [-0.05, 0) is 6.42 Å². The highest BCUT2D eigenvalue weighted by Gasteiger charge is 2.60. The molecule has 0 aromatic carbocycles. The first-order valence-electron chi connectivity index (χ1n) is 4.20. The van der Waals surface area contributed by atoms with Gasteiger partial charge in [0.1, 0.15) is 0 Å². The zero-order chi connectivity index (χ0) is 13.0. The molecule has 1 nitrogen and oxygen atoms in total. The Morgan fingerprint density at radius 3 is 1.88 bits per heavy atom. The standard InChI is InChI=1S/C9H8F6O/c1-2-3-4-5-6(16)7(8(10,11)12)9(13,14)15/h1,7H,3-5H2. The van der Waals surface area contributed by atoms with E-state index < -0.39 is 30.5 Å². The fourth-order valence-corrected chi connectivity index (χ4v) is 1.06. The van der Waals surface area contributed by atoms with Gasteiger partial charge in [-0.2, -0.15) is 26.3 Å². The smallest absolute Gasteiger partial charge is 0.299 e. The Morgan fingerprint density at radius 1 is 1.12 bits per heavy atom. The molecule has 0 bridgehead atoms. The summed E-state index contributed by atoms with van der Waals surface area (Å²) in [7, 11) is 0. The van der Waals surface area contributed by atoms with Crippen LogP contribution in [0.3, 0.4) is 0 Å². The Labute approximate surface area is 87.8 Å². The number of halogens is 6. The lowest BCUT2D eigenvalue weighted by atomic mass is 9.98. The number of unbranched alkanes of at least 4 members (excludes halogenated alkanes) is 1. The van der Waals surface area contributed by atoms with Crippen LogP contribution in [0.2, 0.25) is 0 Å². The lowest BCUT2D eigenvalue weighted by Gasteiger charge is -2.21. The van der Waals surface area contributed by atoms with Crippen molar-refractivity contribution in [2.75, 3.05) is 0 Å². The first kappa shape index (κ1) is 14.8. The Balaban J connectivity index is 4.68. The molecule has 7 heteroatoms. The Kier molecular flexibility index (Phi) is 4.84. The summed E-state index contributed by atoms with van der Waals surface area (Å²) in [4.78, 5) is 10.8. The maximum absolute atomic E-state index is 12.0. The predicted octanol–water partition coefficient (Wildman–Crippen LogP) is 3.10. The third kappa shape index (κ3) is 4.55. The predicted molar refractivity (Wildman–Crippen MR) is 43.3 cm³/mol. The van der Waals surface area contributed by atoms with Crippen molar-refractivity contribution in [3.63, 3.8) is 0 Å². The highest BCUT2D eigenvalue weighted by Crippen LogP contribution is 2.40. The van der Waals surface area contributed by atoms with Crippen LogP contribution in [0.25, 0.3) is 0 Å². The lowest BCUT2D eigenvalue weighted by molar-refractivity contribution is -0.273. The minimum Gasteiger partial charge on any atom is -0.299 e. The molecular formula is C9H8F6O. The molecule has 16 heavy (non-hydrogen) atoms. The number of carbonyl (C=O) groups is 1. The summed E-state index contributed by atoms with van der Waals surface area (Å²) in [5, 5.41) is 0. The van der Waals surface area contributed by atoms with Gasteiger partial charge in [-0.25, -0.2) is 0 Å². The van der Waals surface area contributed by atoms with Crippen molar-refractivity contribution < 1.29 is 31.1 Å². The fourth-order valence-electron chi connectivity index (χ4n) is 1.06. The Hall–Kier alpha value is -1.19. The van der Waals surface area contributed by atoms with E-state index in [0.717, 1.165) is 0 Å². The highest BCUT2D eigenvalue weighted by atomic mass is 19.4. The number of ketones is 1. The summed E-state index contributed by atoms with van der Waals surface area (Å²) in [5.41, 5.74) is 0. The van der Waals surface area contributed by atoms with E-state index in [1.807, 2.05) is 5.92 Å². The van der Waals surface area contributed by atoms with Crippen molar-refractivity contribution in [3.8, 4) is 12.3 Å². The molecule has 0 saturated heterocycles. The van der Waals surface area contributed by atoms with Crippen molar-refractivity contribution >= 4 is 5.78 Å². The topological polar surface area (TPSA) is 17.1 Å². The minimum absolute atomic E-state index is 0.0336. The van der Waals surface area contributed by atoms with Crippen molar-refractivity contribution in [1.29, 1.82) is 0 Å². The van der Waals surface area contributed by atoms with Gasteiger partial charge in [-0.1, -0.05) is 0 Å². The van der Waals surface area contributed by atoms with Gasteiger partial charge in [0, 0.05) is 12.8 Å². The number of hydrogen-bond donors (Lipinski definition) is 0. The molecule has 92 valence electrons. The SMILES string of the molecule is C#CCCCC(=O)C(C(F)(F)F)C(F)(F)F. The third-order valence-electron chi connectivity index (χ3n) is 1.72. The molecule has 0 aliphatic carbocycles. The molecule has 0 heterocycles. The summed E-state index contributed by atoms with van der Waals surface area (Å²) in [6.45, 7) is 0. The van der Waals surface area contributed by atoms with E-state index in [4.69, 9.17) is 6.42 Å². The number of hydrogen-bond acceptors (Lipinski definition) is 1. The Bertz CT molecular complexity index is 268. The van der Waals surface area contributed by atoms with E-state index in [0.29, 0.717) is 0 Å². The van der Waals surface area contributed by atoms with Crippen LogP contribution >= 0.6 is 0 Å². The van der Waals surface area contributed by atoms with E-state index in [1.165, 1.54) is 0 Å². The molecular weight excluding hydrogens is 238 g/mol. The lowest BCUT2D eigenvalue weighted by Crippen LogP contribution is -2.42. The van der Waals surface area contributed by atoms with Gasteiger partial charge in [0.25, 0.3) is 0 Å². The summed E-state index contributed by atoms with van der Waals surface area (Å²) < 4.78 is 72.0. The summed E-state index contributed by atoms with van der Waals surface area (Å²) >= 11 is 0. The summed E-state index contributed by atoms with van der Waals surface area (Å²) in [6, 6.07) is 0. The van der Waals surface area contributed by atoms with E-state index in [1.54, 1.807) is 0 Å². The first-order valence-corrected chi connectivity index (χ1v) is 4.20. The third-order valence-corrected chi connectivity index (χ3v) is 1.72. The molecule has 0 atom stereocenters. The summed E-state index contributed by atoms with van der Waals surface area (Å²) in [6.07, 6.45) is -7.50. The number of alkyl halides is 6. The molecule has 0 aromatic rings. The second-order valence-corrected chi connectivity index (χ2v) is 3.04. The van der Waals surface area contributed by atoms with Gasteiger partial charge in [-0.3, -0.25) is 4.79 Å².